The van der Waals surface area contributed by atoms with E-state index in [0.29, 0.717) is 48.6 Å². The maximum atomic E-state index is 13.1. The Labute approximate surface area is 154 Å². The lowest BCUT2D eigenvalue weighted by Crippen LogP contribution is -2.40. The summed E-state index contributed by atoms with van der Waals surface area (Å²) in [6.07, 6.45) is 2.54. The number of nitrogens with zero attached hydrogens (tertiary/aromatic N) is 2. The molecule has 1 aromatic rings. The Bertz CT molecular complexity index is 728. The molecule has 1 aromatic carbocycles. The van der Waals surface area contributed by atoms with Crippen molar-refractivity contribution in [3.63, 3.8) is 0 Å². The average molecular weight is 358 g/mol. The molecule has 0 bridgehead atoms. The molecule has 26 heavy (non-hydrogen) atoms. The highest BCUT2D eigenvalue weighted by Gasteiger charge is 2.42. The zero-order valence-corrected chi connectivity index (χ0v) is 15.4. The zero-order chi connectivity index (χ0) is 18.7. The van der Waals surface area contributed by atoms with E-state index < -0.39 is 0 Å². The average Bonchev–Trinajstić information content (AvgIpc) is 2.92. The predicted molar refractivity (Wildman–Crippen MR) is 98.3 cm³/mol. The highest BCUT2D eigenvalue weighted by Crippen LogP contribution is 2.37. The number of aliphatic hydroxyl groups is 1. The highest BCUT2D eigenvalue weighted by molar-refractivity contribution is 6.36. The number of likely N-dealkylation sites (tertiary alicyclic amines) is 1. The van der Waals surface area contributed by atoms with Gasteiger partial charge in [-0.25, -0.2) is 0 Å². The lowest BCUT2D eigenvalue weighted by atomic mass is 9.96. The number of carbonyl (C=O) groups is 2. The van der Waals surface area contributed by atoms with Crippen molar-refractivity contribution in [1.82, 2.24) is 9.80 Å². The van der Waals surface area contributed by atoms with Crippen LogP contribution in [0.25, 0.3) is 5.57 Å². The molecule has 0 saturated carbocycles. The van der Waals surface area contributed by atoms with Crippen molar-refractivity contribution in [3.8, 4) is 5.75 Å². The molecule has 6 nitrogen and oxygen atoms in total. The predicted octanol–water partition coefficient (Wildman–Crippen LogP) is 1.89. The van der Waals surface area contributed by atoms with Crippen molar-refractivity contribution in [2.75, 3.05) is 33.4 Å². The third-order valence-corrected chi connectivity index (χ3v) is 5.06. The van der Waals surface area contributed by atoms with Crippen LogP contribution in [0.2, 0.25) is 0 Å². The van der Waals surface area contributed by atoms with Gasteiger partial charge in [0.15, 0.2) is 0 Å². The van der Waals surface area contributed by atoms with Crippen LogP contribution in [-0.4, -0.2) is 60.1 Å². The molecule has 0 radical (unpaired) electrons. The van der Waals surface area contributed by atoms with Gasteiger partial charge in [0.25, 0.3) is 11.8 Å². The third kappa shape index (κ3) is 3.21. The maximum Gasteiger partial charge on any atom is 0.277 e. The molecule has 1 unspecified atom stereocenters. The monoisotopic (exact) mass is 358 g/mol. The molecule has 2 aliphatic rings. The highest BCUT2D eigenvalue weighted by atomic mass is 16.5. The fraction of sp³-hybridized carbons (Fsp3) is 0.500. The number of piperidine rings is 1. The molecule has 2 heterocycles. The van der Waals surface area contributed by atoms with Gasteiger partial charge in [0, 0.05) is 31.8 Å². The summed E-state index contributed by atoms with van der Waals surface area (Å²) in [4.78, 5) is 29.5. The van der Waals surface area contributed by atoms with Crippen LogP contribution >= 0.6 is 0 Å². The molecule has 0 aliphatic carbocycles. The zero-order valence-electron chi connectivity index (χ0n) is 15.4. The molecule has 0 spiro atoms. The molecule has 1 atom stereocenters. The molecule has 6 heteroatoms. The molecule has 1 N–H and O–H groups in total. The van der Waals surface area contributed by atoms with E-state index in [0.717, 1.165) is 12.8 Å². The number of rotatable bonds is 6. The molecule has 3 rings (SSSR count). The number of benzene rings is 1. The van der Waals surface area contributed by atoms with Crippen molar-refractivity contribution < 1.29 is 19.4 Å². The summed E-state index contributed by atoms with van der Waals surface area (Å²) in [5.41, 5.74) is 1.51. The second-order valence-corrected chi connectivity index (χ2v) is 6.82. The molecule has 0 aromatic heterocycles. The van der Waals surface area contributed by atoms with Crippen LogP contribution in [0.3, 0.4) is 0 Å². The first kappa shape index (κ1) is 18.5. The van der Waals surface area contributed by atoms with Gasteiger partial charge in [-0.1, -0.05) is 25.1 Å². The number of amides is 2. The van der Waals surface area contributed by atoms with E-state index in [1.165, 1.54) is 4.90 Å². The Hall–Kier alpha value is -2.34. The number of carbonyl (C=O) groups excluding carboxylic acids is 2. The molecule has 2 aliphatic heterocycles. The van der Waals surface area contributed by atoms with Crippen LogP contribution in [0.1, 0.15) is 31.7 Å². The van der Waals surface area contributed by atoms with Gasteiger partial charge in [0.05, 0.1) is 12.7 Å². The van der Waals surface area contributed by atoms with Gasteiger partial charge in [-0.2, -0.15) is 0 Å². The minimum atomic E-state index is -0.262. The van der Waals surface area contributed by atoms with Crippen molar-refractivity contribution in [1.29, 1.82) is 0 Å². The lowest BCUT2D eigenvalue weighted by molar-refractivity contribution is -0.137. The second kappa shape index (κ2) is 7.91. The smallest absolute Gasteiger partial charge is 0.277 e. The topological polar surface area (TPSA) is 70.1 Å². The van der Waals surface area contributed by atoms with Crippen LogP contribution in [-0.2, 0) is 9.59 Å². The molecular formula is C20H26N2O4. The van der Waals surface area contributed by atoms with Crippen LogP contribution < -0.4 is 4.74 Å². The largest absolute Gasteiger partial charge is 0.496 e. The number of hydrogen-bond acceptors (Lipinski definition) is 5. The van der Waals surface area contributed by atoms with Crippen LogP contribution in [0.5, 0.6) is 5.75 Å². The molecule has 140 valence electrons. The van der Waals surface area contributed by atoms with Crippen LogP contribution in [0, 0.1) is 5.92 Å². The van der Waals surface area contributed by atoms with Gasteiger partial charge in [-0.05, 0) is 31.2 Å². The maximum absolute atomic E-state index is 13.1. The van der Waals surface area contributed by atoms with Crippen LogP contribution in [0.4, 0.5) is 0 Å². The van der Waals surface area contributed by atoms with Crippen molar-refractivity contribution in [2.24, 2.45) is 5.92 Å². The first-order chi connectivity index (χ1) is 12.6. The van der Waals surface area contributed by atoms with Gasteiger partial charge >= 0.3 is 0 Å². The summed E-state index contributed by atoms with van der Waals surface area (Å²) < 4.78 is 5.44. The first-order valence-electron chi connectivity index (χ1n) is 9.22. The Morgan fingerprint density at radius 3 is 2.69 bits per heavy atom. The molecular weight excluding hydrogens is 332 g/mol. The van der Waals surface area contributed by atoms with Crippen molar-refractivity contribution >= 4 is 17.4 Å². The van der Waals surface area contributed by atoms with Crippen LogP contribution in [0.15, 0.2) is 30.0 Å². The van der Waals surface area contributed by atoms with E-state index >= 15 is 0 Å². The van der Waals surface area contributed by atoms with Gasteiger partial charge in [0.1, 0.15) is 11.4 Å². The Morgan fingerprint density at radius 2 is 2.00 bits per heavy atom. The number of imide groups is 1. The number of hydrogen-bond donors (Lipinski definition) is 1. The fourth-order valence-electron chi connectivity index (χ4n) is 3.79. The van der Waals surface area contributed by atoms with E-state index in [1.807, 2.05) is 30.0 Å². The van der Waals surface area contributed by atoms with Gasteiger partial charge in [0.2, 0.25) is 0 Å². The fourth-order valence-corrected chi connectivity index (χ4v) is 3.79. The Kier molecular flexibility index (Phi) is 5.61. The lowest BCUT2D eigenvalue weighted by Gasteiger charge is -2.34. The summed E-state index contributed by atoms with van der Waals surface area (Å²) in [6.45, 7) is 3.74. The summed E-state index contributed by atoms with van der Waals surface area (Å²) in [6, 6.07) is 7.31. The second-order valence-electron chi connectivity index (χ2n) is 6.82. The summed E-state index contributed by atoms with van der Waals surface area (Å²) in [5.74, 6) is 0.201. The number of aliphatic hydroxyl groups excluding tert-OH is 1. The standard InChI is InChI=1S/C20H26N2O4/c1-3-10-22-19(24)17(15-8-4-5-9-16(15)26-2)18(20(22)25)21-11-6-7-14(12-21)13-23/h4-5,8-9,14,23H,3,6-7,10-13H2,1-2H3. The SMILES string of the molecule is CCCN1C(=O)C(c2ccccc2OC)=C(N2CCCC(CO)C2)C1=O. The van der Waals surface area contributed by atoms with Gasteiger partial charge in [-0.3, -0.25) is 14.5 Å². The van der Waals surface area contributed by atoms with Gasteiger partial charge < -0.3 is 14.7 Å². The van der Waals surface area contributed by atoms with Crippen molar-refractivity contribution in [2.45, 2.75) is 26.2 Å². The van der Waals surface area contributed by atoms with Crippen molar-refractivity contribution in [3.05, 3.63) is 35.5 Å². The van der Waals surface area contributed by atoms with E-state index in [2.05, 4.69) is 0 Å². The van der Waals surface area contributed by atoms with E-state index in [9.17, 15) is 14.7 Å². The summed E-state index contributed by atoms with van der Waals surface area (Å²) in [5, 5.41) is 9.55. The normalized spacial score (nSPS) is 21.0. The number of ether oxygens (including phenoxy) is 1. The molecule has 2 amide bonds. The molecule has 1 saturated heterocycles. The van der Waals surface area contributed by atoms with Gasteiger partial charge in [-0.15, -0.1) is 0 Å². The Balaban J connectivity index is 2.10. The Morgan fingerprint density at radius 1 is 1.23 bits per heavy atom. The van der Waals surface area contributed by atoms with E-state index in [-0.39, 0.29) is 24.3 Å². The number of methoxy groups -OCH3 is 1. The minimum Gasteiger partial charge on any atom is -0.496 e. The van der Waals surface area contributed by atoms with E-state index in [1.54, 1.807) is 13.2 Å². The quantitative estimate of drug-likeness (QED) is 0.787. The number of para-hydroxylation sites is 1. The summed E-state index contributed by atoms with van der Waals surface area (Å²) >= 11 is 0. The minimum absolute atomic E-state index is 0.0918. The molecule has 1 fully saturated rings. The summed E-state index contributed by atoms with van der Waals surface area (Å²) in [7, 11) is 1.56. The third-order valence-electron chi connectivity index (χ3n) is 5.06. The van der Waals surface area contributed by atoms with E-state index in [4.69, 9.17) is 4.74 Å². The first-order valence-corrected chi connectivity index (χ1v) is 9.22.